The second-order valence-electron chi connectivity index (χ2n) is 5.91. The summed E-state index contributed by atoms with van der Waals surface area (Å²) in [6.07, 6.45) is 1.94. The molecule has 1 atom stereocenters. The molecule has 1 N–H and O–H groups in total. The molecule has 0 radical (unpaired) electrons. The Morgan fingerprint density at radius 2 is 1.78 bits per heavy atom. The average molecular weight is 342 g/mol. The number of ether oxygens (including phenoxy) is 1. The third-order valence-electron chi connectivity index (χ3n) is 3.44. The number of anilines is 1. The lowest BCUT2D eigenvalue weighted by Crippen LogP contribution is -2.48. The third-order valence-corrected chi connectivity index (χ3v) is 4.68. The zero-order chi connectivity index (χ0) is 17.6. The molecule has 0 aromatic heterocycles. The maximum atomic E-state index is 12.3. The molecule has 1 rings (SSSR count). The van der Waals surface area contributed by atoms with E-state index in [2.05, 4.69) is 19.2 Å². The van der Waals surface area contributed by atoms with E-state index in [1.807, 2.05) is 0 Å². The quantitative estimate of drug-likeness (QED) is 0.784. The largest absolute Gasteiger partial charge is 0.497 e. The van der Waals surface area contributed by atoms with Crippen molar-refractivity contribution in [1.82, 2.24) is 5.32 Å². The molecule has 0 heterocycles. The molecule has 0 aliphatic rings. The van der Waals surface area contributed by atoms with Crippen LogP contribution in [0.25, 0.3) is 0 Å². The zero-order valence-corrected chi connectivity index (χ0v) is 15.2. The van der Waals surface area contributed by atoms with Gasteiger partial charge in [-0.15, -0.1) is 0 Å². The monoisotopic (exact) mass is 342 g/mol. The first-order chi connectivity index (χ1) is 10.7. The van der Waals surface area contributed by atoms with Gasteiger partial charge in [-0.05, 0) is 43.5 Å². The van der Waals surface area contributed by atoms with Crippen LogP contribution in [0.1, 0.15) is 27.2 Å². The lowest BCUT2D eigenvalue weighted by atomic mass is 10.1. The van der Waals surface area contributed by atoms with Crippen LogP contribution in [0.2, 0.25) is 0 Å². The van der Waals surface area contributed by atoms with Crippen LogP contribution < -0.4 is 14.4 Å². The minimum Gasteiger partial charge on any atom is -0.497 e. The van der Waals surface area contributed by atoms with E-state index in [-0.39, 0.29) is 5.91 Å². The number of nitrogens with zero attached hydrogens (tertiary/aromatic N) is 1. The van der Waals surface area contributed by atoms with Crippen LogP contribution in [-0.2, 0) is 14.8 Å². The Hall–Kier alpha value is -1.76. The van der Waals surface area contributed by atoms with Crippen LogP contribution in [0.4, 0.5) is 5.69 Å². The van der Waals surface area contributed by atoms with Gasteiger partial charge in [0.25, 0.3) is 0 Å². The third kappa shape index (κ3) is 5.74. The summed E-state index contributed by atoms with van der Waals surface area (Å²) in [7, 11) is -2.06. The van der Waals surface area contributed by atoms with Crippen molar-refractivity contribution in [3.63, 3.8) is 0 Å². The molecule has 0 saturated heterocycles. The van der Waals surface area contributed by atoms with Gasteiger partial charge in [-0.1, -0.05) is 13.8 Å². The number of hydrogen-bond acceptors (Lipinski definition) is 4. The first-order valence-corrected chi connectivity index (χ1v) is 9.42. The molecular weight excluding hydrogens is 316 g/mol. The molecule has 1 amide bonds. The van der Waals surface area contributed by atoms with Gasteiger partial charge in [0.15, 0.2) is 0 Å². The molecule has 0 aliphatic heterocycles. The molecule has 6 nitrogen and oxygen atoms in total. The van der Waals surface area contributed by atoms with Gasteiger partial charge in [0.05, 0.1) is 19.1 Å². The summed E-state index contributed by atoms with van der Waals surface area (Å²) >= 11 is 0. The minimum atomic E-state index is -3.59. The van der Waals surface area contributed by atoms with E-state index in [1.54, 1.807) is 31.2 Å². The second kappa shape index (κ2) is 8.19. The number of rotatable bonds is 8. The van der Waals surface area contributed by atoms with Gasteiger partial charge in [-0.3, -0.25) is 9.10 Å². The smallest absolute Gasteiger partial charge is 0.243 e. The Morgan fingerprint density at radius 1 is 1.22 bits per heavy atom. The Kier molecular flexibility index (Phi) is 6.87. The van der Waals surface area contributed by atoms with Gasteiger partial charge >= 0.3 is 0 Å². The number of carbonyl (C=O) groups is 1. The lowest BCUT2D eigenvalue weighted by Gasteiger charge is -2.28. The van der Waals surface area contributed by atoms with Gasteiger partial charge < -0.3 is 10.1 Å². The van der Waals surface area contributed by atoms with Crippen LogP contribution in [0.15, 0.2) is 24.3 Å². The summed E-state index contributed by atoms with van der Waals surface area (Å²) < 4.78 is 30.5. The van der Waals surface area contributed by atoms with E-state index in [4.69, 9.17) is 4.74 Å². The SMILES string of the molecule is COc1ccc(N([C@H](C)C(=O)NCCC(C)C)S(C)(=O)=O)cc1. The summed E-state index contributed by atoms with van der Waals surface area (Å²) in [4.78, 5) is 12.3. The standard InChI is InChI=1S/C16H26N2O4S/c1-12(2)10-11-17-16(19)13(3)18(23(5,20)21)14-6-8-15(22-4)9-7-14/h6-9,12-13H,10-11H2,1-5H3,(H,17,19)/t13-/m1/s1. The Morgan fingerprint density at radius 3 is 2.22 bits per heavy atom. The Bertz CT molecular complexity index is 611. The second-order valence-corrected chi connectivity index (χ2v) is 7.77. The summed E-state index contributed by atoms with van der Waals surface area (Å²) in [6.45, 7) is 6.24. The van der Waals surface area contributed by atoms with Crippen molar-refractivity contribution < 1.29 is 17.9 Å². The Labute approximate surface area is 138 Å². The number of hydrogen-bond donors (Lipinski definition) is 1. The Balaban J connectivity index is 2.95. The number of benzene rings is 1. The van der Waals surface area contributed by atoms with Crippen molar-refractivity contribution in [3.05, 3.63) is 24.3 Å². The highest BCUT2D eigenvalue weighted by Gasteiger charge is 2.28. The van der Waals surface area contributed by atoms with Gasteiger partial charge in [0.2, 0.25) is 15.9 Å². The van der Waals surface area contributed by atoms with Crippen LogP contribution in [0, 0.1) is 5.92 Å². The normalized spacial score (nSPS) is 12.8. The van der Waals surface area contributed by atoms with E-state index in [0.717, 1.165) is 17.0 Å². The minimum absolute atomic E-state index is 0.313. The van der Waals surface area contributed by atoms with Crippen LogP contribution in [-0.4, -0.2) is 40.3 Å². The molecule has 1 aromatic carbocycles. The van der Waals surface area contributed by atoms with Gasteiger partial charge in [-0.2, -0.15) is 0 Å². The summed E-state index contributed by atoms with van der Waals surface area (Å²) in [5.74, 6) is 0.779. The molecule has 7 heteroatoms. The van der Waals surface area contributed by atoms with Crippen molar-refractivity contribution >= 4 is 21.6 Å². The van der Waals surface area contributed by atoms with Crippen molar-refractivity contribution in [2.45, 2.75) is 33.2 Å². The van der Waals surface area contributed by atoms with Gasteiger partial charge in [0, 0.05) is 6.54 Å². The highest BCUT2D eigenvalue weighted by Crippen LogP contribution is 2.23. The topological polar surface area (TPSA) is 75.7 Å². The van der Waals surface area contributed by atoms with Crippen molar-refractivity contribution in [3.8, 4) is 5.75 Å². The maximum absolute atomic E-state index is 12.3. The summed E-state index contributed by atoms with van der Waals surface area (Å²) in [5.41, 5.74) is 0.430. The summed E-state index contributed by atoms with van der Waals surface area (Å²) in [5, 5.41) is 2.79. The fraction of sp³-hybridized carbons (Fsp3) is 0.562. The predicted molar refractivity (Wildman–Crippen MR) is 92.2 cm³/mol. The molecule has 0 unspecified atom stereocenters. The van der Waals surface area contributed by atoms with E-state index in [9.17, 15) is 13.2 Å². The number of sulfonamides is 1. The molecule has 0 aliphatic carbocycles. The van der Waals surface area contributed by atoms with Crippen molar-refractivity contribution in [2.24, 2.45) is 5.92 Å². The number of carbonyl (C=O) groups excluding carboxylic acids is 1. The zero-order valence-electron chi connectivity index (χ0n) is 14.4. The van der Waals surface area contributed by atoms with Crippen LogP contribution >= 0.6 is 0 Å². The number of nitrogens with one attached hydrogen (secondary N) is 1. The first-order valence-electron chi connectivity index (χ1n) is 7.58. The molecule has 0 spiro atoms. The van der Waals surface area contributed by atoms with E-state index >= 15 is 0 Å². The molecule has 0 bridgehead atoms. The van der Waals surface area contributed by atoms with Crippen LogP contribution in [0.3, 0.4) is 0 Å². The van der Waals surface area contributed by atoms with E-state index in [0.29, 0.717) is 23.9 Å². The molecular formula is C16H26N2O4S. The number of methoxy groups -OCH3 is 1. The van der Waals surface area contributed by atoms with E-state index < -0.39 is 16.1 Å². The fourth-order valence-electron chi connectivity index (χ4n) is 2.17. The fourth-order valence-corrected chi connectivity index (χ4v) is 3.34. The number of amides is 1. The molecule has 0 saturated carbocycles. The first kappa shape index (κ1) is 19.3. The van der Waals surface area contributed by atoms with E-state index in [1.165, 1.54) is 7.11 Å². The molecule has 130 valence electrons. The van der Waals surface area contributed by atoms with Gasteiger partial charge in [0.1, 0.15) is 11.8 Å². The predicted octanol–water partition coefficient (Wildman–Crippen LogP) is 2.01. The molecule has 23 heavy (non-hydrogen) atoms. The lowest BCUT2D eigenvalue weighted by molar-refractivity contribution is -0.121. The highest BCUT2D eigenvalue weighted by molar-refractivity contribution is 7.92. The van der Waals surface area contributed by atoms with Gasteiger partial charge in [-0.25, -0.2) is 8.42 Å². The summed E-state index contributed by atoms with van der Waals surface area (Å²) in [6, 6.07) is 5.74. The molecule has 1 aromatic rings. The van der Waals surface area contributed by atoms with Crippen molar-refractivity contribution in [1.29, 1.82) is 0 Å². The van der Waals surface area contributed by atoms with Crippen molar-refractivity contribution in [2.75, 3.05) is 24.2 Å². The average Bonchev–Trinajstić information content (AvgIpc) is 2.46. The van der Waals surface area contributed by atoms with Crippen LogP contribution in [0.5, 0.6) is 5.75 Å². The maximum Gasteiger partial charge on any atom is 0.243 e. The highest BCUT2D eigenvalue weighted by atomic mass is 32.2. The molecule has 0 fully saturated rings.